The van der Waals surface area contributed by atoms with Crippen LogP contribution in [-0.2, 0) is 6.54 Å². The minimum atomic E-state index is -0.408. The van der Waals surface area contributed by atoms with Gasteiger partial charge in [0.1, 0.15) is 0 Å². The van der Waals surface area contributed by atoms with Gasteiger partial charge in [0.25, 0.3) is 0 Å². The molecule has 0 fully saturated rings. The van der Waals surface area contributed by atoms with Crippen molar-refractivity contribution in [2.45, 2.75) is 19.9 Å². The molecule has 27 heavy (non-hydrogen) atoms. The maximum atomic E-state index is 13.9. The van der Waals surface area contributed by atoms with Crippen LogP contribution in [0.5, 0.6) is 17.2 Å². The average molecular weight is 487 g/mol. The lowest BCUT2D eigenvalue weighted by Gasteiger charge is -2.11. The van der Waals surface area contributed by atoms with E-state index in [9.17, 15) is 4.39 Å². The monoisotopic (exact) mass is 487 g/mol. The fourth-order valence-corrected chi connectivity index (χ4v) is 2.52. The summed E-state index contributed by atoms with van der Waals surface area (Å²) in [7, 11) is 0. The third kappa shape index (κ3) is 5.88. The van der Waals surface area contributed by atoms with Crippen molar-refractivity contribution in [2.24, 2.45) is 10.7 Å². The maximum Gasteiger partial charge on any atom is 0.193 e. The van der Waals surface area contributed by atoms with Gasteiger partial charge in [0.05, 0.1) is 26.4 Å². The quantitative estimate of drug-likeness (QED) is 0.380. The van der Waals surface area contributed by atoms with E-state index in [-0.39, 0.29) is 42.2 Å². The Kier molecular flexibility index (Phi) is 7.96. The molecule has 2 aromatic carbocycles. The number of halogens is 2. The van der Waals surface area contributed by atoms with E-state index in [1.165, 1.54) is 6.07 Å². The van der Waals surface area contributed by atoms with E-state index in [4.69, 9.17) is 19.9 Å². The van der Waals surface area contributed by atoms with E-state index in [2.05, 4.69) is 10.3 Å². The average Bonchev–Trinajstić information content (AvgIpc) is 2.87. The number of nitrogens with two attached hydrogens (primary N) is 1. The van der Waals surface area contributed by atoms with Gasteiger partial charge in [-0.25, -0.2) is 9.38 Å². The number of ether oxygens (including phenoxy) is 3. The molecule has 0 aromatic heterocycles. The third-order valence-electron chi connectivity index (χ3n) is 3.75. The zero-order valence-corrected chi connectivity index (χ0v) is 17.4. The smallest absolute Gasteiger partial charge is 0.193 e. The first-order valence-corrected chi connectivity index (χ1v) is 8.53. The van der Waals surface area contributed by atoms with Gasteiger partial charge in [-0.3, -0.25) is 0 Å². The van der Waals surface area contributed by atoms with Gasteiger partial charge in [0, 0.05) is 18.2 Å². The summed E-state index contributed by atoms with van der Waals surface area (Å²) in [6, 6.07) is 10.2. The van der Waals surface area contributed by atoms with Crippen LogP contribution in [0.25, 0.3) is 0 Å². The highest BCUT2D eigenvalue weighted by Gasteiger charge is 2.11. The highest BCUT2D eigenvalue weighted by Crippen LogP contribution is 2.32. The van der Waals surface area contributed by atoms with E-state index in [1.54, 1.807) is 12.1 Å². The number of nitrogens with one attached hydrogen (secondary N) is 1. The van der Waals surface area contributed by atoms with E-state index in [1.807, 2.05) is 25.1 Å². The highest BCUT2D eigenvalue weighted by atomic mass is 127. The number of nitrogens with zero attached hydrogens (tertiary/aromatic N) is 1. The molecule has 6 nitrogen and oxygen atoms in total. The predicted octanol–water partition coefficient (Wildman–Crippen LogP) is 3.93. The molecule has 0 radical (unpaired) electrons. The molecule has 146 valence electrons. The lowest BCUT2D eigenvalue weighted by molar-refractivity contribution is 0.297. The number of rotatable bonds is 5. The fraction of sp³-hybridized carbons (Fsp3) is 0.316. The number of guanidine groups is 1. The molecule has 0 saturated heterocycles. The molecule has 0 bridgehead atoms. The summed E-state index contributed by atoms with van der Waals surface area (Å²) in [5, 5.41) is 3.00. The molecule has 8 heteroatoms. The van der Waals surface area contributed by atoms with Crippen molar-refractivity contribution < 1.29 is 18.6 Å². The van der Waals surface area contributed by atoms with Gasteiger partial charge in [-0.15, -0.1) is 24.0 Å². The molecule has 0 spiro atoms. The van der Waals surface area contributed by atoms with Crippen LogP contribution in [0.4, 0.5) is 10.1 Å². The van der Waals surface area contributed by atoms with Crippen LogP contribution in [-0.4, -0.2) is 25.8 Å². The summed E-state index contributed by atoms with van der Waals surface area (Å²) in [6.45, 7) is 3.74. The van der Waals surface area contributed by atoms with Gasteiger partial charge < -0.3 is 25.3 Å². The number of hydrogen-bond acceptors (Lipinski definition) is 4. The second-order valence-corrected chi connectivity index (χ2v) is 5.74. The van der Waals surface area contributed by atoms with Crippen LogP contribution < -0.4 is 25.3 Å². The van der Waals surface area contributed by atoms with E-state index in [0.29, 0.717) is 36.9 Å². The zero-order valence-electron chi connectivity index (χ0n) is 15.0. The molecule has 1 aliphatic rings. The number of anilines is 1. The largest absolute Gasteiger partial charge is 0.491 e. The van der Waals surface area contributed by atoms with Crippen molar-refractivity contribution in [3.63, 3.8) is 0 Å². The molecule has 1 heterocycles. The van der Waals surface area contributed by atoms with Crippen LogP contribution in [0.2, 0.25) is 0 Å². The van der Waals surface area contributed by atoms with Crippen LogP contribution in [0.15, 0.2) is 41.4 Å². The molecular weight excluding hydrogens is 464 g/mol. The Morgan fingerprint density at radius 1 is 1.19 bits per heavy atom. The zero-order chi connectivity index (χ0) is 18.4. The first kappa shape index (κ1) is 21.1. The van der Waals surface area contributed by atoms with Crippen LogP contribution in [0.3, 0.4) is 0 Å². The molecule has 3 N–H and O–H groups in total. The second-order valence-electron chi connectivity index (χ2n) is 5.74. The summed E-state index contributed by atoms with van der Waals surface area (Å²) in [4.78, 5) is 4.24. The molecule has 0 aliphatic carbocycles. The Bertz CT molecular complexity index is 802. The molecule has 2 aromatic rings. The van der Waals surface area contributed by atoms with Crippen molar-refractivity contribution in [1.82, 2.24) is 0 Å². The van der Waals surface area contributed by atoms with Crippen LogP contribution >= 0.6 is 24.0 Å². The molecule has 0 amide bonds. The van der Waals surface area contributed by atoms with E-state index in [0.717, 1.165) is 12.1 Å². The van der Waals surface area contributed by atoms with Gasteiger partial charge >= 0.3 is 0 Å². The summed E-state index contributed by atoms with van der Waals surface area (Å²) < 4.78 is 30.3. The summed E-state index contributed by atoms with van der Waals surface area (Å²) in [5.41, 5.74) is 7.37. The van der Waals surface area contributed by atoms with Gasteiger partial charge in [-0.05, 0) is 36.8 Å². The normalized spacial score (nSPS) is 13.3. The Morgan fingerprint density at radius 2 is 1.96 bits per heavy atom. The minimum Gasteiger partial charge on any atom is -0.491 e. The molecule has 0 atom stereocenters. The first-order chi connectivity index (χ1) is 12.7. The number of aliphatic imine (C=N–C) groups is 1. The van der Waals surface area contributed by atoms with Crippen molar-refractivity contribution in [3.05, 3.63) is 47.8 Å². The van der Waals surface area contributed by atoms with Crippen molar-refractivity contribution >= 4 is 35.6 Å². The Hall–Kier alpha value is -2.23. The van der Waals surface area contributed by atoms with Gasteiger partial charge in [0.2, 0.25) is 0 Å². The topological polar surface area (TPSA) is 78.1 Å². The minimum absolute atomic E-state index is 0. The lowest BCUT2D eigenvalue weighted by Crippen LogP contribution is -2.22. The fourth-order valence-electron chi connectivity index (χ4n) is 2.52. The van der Waals surface area contributed by atoms with Gasteiger partial charge in [0.15, 0.2) is 29.0 Å². The third-order valence-corrected chi connectivity index (χ3v) is 3.75. The first-order valence-electron chi connectivity index (χ1n) is 8.53. The lowest BCUT2D eigenvalue weighted by atomic mass is 10.2. The molecule has 3 rings (SSSR count). The molecular formula is C19H23FIN3O3. The number of benzene rings is 2. The van der Waals surface area contributed by atoms with E-state index < -0.39 is 5.82 Å². The van der Waals surface area contributed by atoms with Gasteiger partial charge in [-0.2, -0.15) is 0 Å². The Morgan fingerprint density at radius 3 is 2.70 bits per heavy atom. The van der Waals surface area contributed by atoms with Crippen LogP contribution in [0, 0.1) is 5.82 Å². The maximum absolute atomic E-state index is 13.9. The molecule has 0 unspecified atom stereocenters. The predicted molar refractivity (Wildman–Crippen MR) is 114 cm³/mol. The Balaban J connectivity index is 0.00000261. The van der Waals surface area contributed by atoms with Crippen molar-refractivity contribution in [3.8, 4) is 17.2 Å². The number of hydrogen-bond donors (Lipinski definition) is 2. The Labute approximate surface area is 174 Å². The standard InChI is InChI=1S/C19H22FN3O3.HI/c1-2-24-16-6-4-13(10-15(16)20)12-22-19(21)23-14-5-7-17-18(11-14)26-9-3-8-25-17;/h4-7,10-11H,2-3,8-9,12H2,1H3,(H3,21,22,23);1H. The summed E-state index contributed by atoms with van der Waals surface area (Å²) in [5.74, 6) is 1.45. The summed E-state index contributed by atoms with van der Waals surface area (Å²) >= 11 is 0. The summed E-state index contributed by atoms with van der Waals surface area (Å²) in [6.07, 6.45) is 0.847. The number of fused-ring (bicyclic) bond motifs is 1. The van der Waals surface area contributed by atoms with Crippen LogP contribution in [0.1, 0.15) is 18.9 Å². The molecule has 0 saturated carbocycles. The second kappa shape index (κ2) is 10.2. The van der Waals surface area contributed by atoms with Gasteiger partial charge in [-0.1, -0.05) is 6.07 Å². The van der Waals surface area contributed by atoms with Crippen molar-refractivity contribution in [1.29, 1.82) is 0 Å². The SMILES string of the molecule is CCOc1ccc(CN=C(N)Nc2ccc3c(c2)OCCCO3)cc1F.I. The van der Waals surface area contributed by atoms with E-state index >= 15 is 0 Å². The molecule has 1 aliphatic heterocycles. The van der Waals surface area contributed by atoms with Crippen molar-refractivity contribution in [2.75, 3.05) is 25.1 Å². The highest BCUT2D eigenvalue weighted by molar-refractivity contribution is 14.0.